The van der Waals surface area contributed by atoms with Crippen LogP contribution in [0.3, 0.4) is 0 Å². The Balaban J connectivity index is 1.54. The van der Waals surface area contributed by atoms with Gasteiger partial charge in [0.25, 0.3) is 0 Å². The number of hydrogen-bond donors (Lipinski definition) is 1. The fraction of sp³-hybridized carbons (Fsp3) is 0.318. The van der Waals surface area contributed by atoms with E-state index in [9.17, 15) is 4.79 Å². The summed E-state index contributed by atoms with van der Waals surface area (Å²) in [5.41, 5.74) is 1.84. The lowest BCUT2D eigenvalue weighted by Crippen LogP contribution is -2.15. The molecule has 0 spiro atoms. The predicted molar refractivity (Wildman–Crippen MR) is 120 cm³/mol. The molecule has 2 aromatic carbocycles. The highest BCUT2D eigenvalue weighted by molar-refractivity contribution is 7.99. The van der Waals surface area contributed by atoms with Crippen LogP contribution in [0.4, 0.5) is 5.69 Å². The van der Waals surface area contributed by atoms with Crippen LogP contribution in [0, 0.1) is 0 Å². The molecule has 0 aliphatic rings. The first kappa shape index (κ1) is 22.5. The fourth-order valence-electron chi connectivity index (χ4n) is 2.78. The number of rotatable bonds is 10. The van der Waals surface area contributed by atoms with Crippen molar-refractivity contribution in [1.29, 1.82) is 0 Å². The van der Waals surface area contributed by atoms with Crippen molar-refractivity contribution in [3.63, 3.8) is 0 Å². The van der Waals surface area contributed by atoms with Crippen LogP contribution < -0.4 is 19.5 Å². The second-order valence-corrected chi connectivity index (χ2v) is 7.59. The third-order valence-corrected chi connectivity index (χ3v) is 5.66. The Hall–Kier alpha value is -3.20. The van der Waals surface area contributed by atoms with Gasteiger partial charge in [-0.2, -0.15) is 0 Å². The van der Waals surface area contributed by atoms with Crippen molar-refractivity contribution in [2.75, 3.05) is 25.3 Å². The first-order valence-electron chi connectivity index (χ1n) is 9.78. The van der Waals surface area contributed by atoms with Crippen molar-refractivity contribution in [3.05, 3.63) is 53.9 Å². The van der Waals surface area contributed by atoms with E-state index in [0.717, 1.165) is 12.2 Å². The largest absolute Gasteiger partial charge is 0.497 e. The number of anilines is 1. The van der Waals surface area contributed by atoms with E-state index in [2.05, 4.69) is 22.4 Å². The molecule has 0 saturated carbocycles. The average Bonchev–Trinajstić information content (AvgIpc) is 3.16. The highest BCUT2D eigenvalue weighted by Gasteiger charge is 2.14. The molecule has 0 aliphatic heterocycles. The van der Waals surface area contributed by atoms with E-state index in [4.69, 9.17) is 14.2 Å². The third kappa shape index (κ3) is 5.91. The van der Waals surface area contributed by atoms with Gasteiger partial charge in [-0.3, -0.25) is 4.79 Å². The molecule has 1 N–H and O–H groups in total. The van der Waals surface area contributed by atoms with Gasteiger partial charge in [0, 0.05) is 13.1 Å². The summed E-state index contributed by atoms with van der Waals surface area (Å²) in [6, 6.07) is 13.2. The molecule has 1 aromatic heterocycles. The highest BCUT2D eigenvalue weighted by Crippen LogP contribution is 2.29. The number of methoxy groups -OCH3 is 2. The number of carbonyl (C=O) groups excluding carboxylic acids is 1. The Morgan fingerprint density at radius 3 is 2.48 bits per heavy atom. The molecule has 0 aliphatic carbocycles. The number of nitrogens with one attached hydrogen (secondary N) is 1. The van der Waals surface area contributed by atoms with Gasteiger partial charge in [0.1, 0.15) is 23.9 Å². The van der Waals surface area contributed by atoms with E-state index in [0.29, 0.717) is 34.8 Å². The molecule has 1 heterocycles. The van der Waals surface area contributed by atoms with E-state index >= 15 is 0 Å². The summed E-state index contributed by atoms with van der Waals surface area (Å²) in [7, 11) is 4.97. The molecule has 0 bridgehead atoms. The summed E-state index contributed by atoms with van der Waals surface area (Å²) < 4.78 is 18.1. The van der Waals surface area contributed by atoms with Crippen LogP contribution in [0.25, 0.3) is 0 Å². The summed E-state index contributed by atoms with van der Waals surface area (Å²) in [6.45, 7) is 2.41. The monoisotopic (exact) mass is 442 g/mol. The van der Waals surface area contributed by atoms with Crippen LogP contribution in [0.5, 0.6) is 17.2 Å². The highest BCUT2D eigenvalue weighted by atomic mass is 32.2. The molecule has 0 saturated heterocycles. The number of nitrogens with zero attached hydrogens (tertiary/aromatic N) is 3. The summed E-state index contributed by atoms with van der Waals surface area (Å²) in [5.74, 6) is 2.65. The summed E-state index contributed by atoms with van der Waals surface area (Å²) >= 11 is 1.30. The number of aromatic nitrogens is 3. The summed E-state index contributed by atoms with van der Waals surface area (Å²) in [6.07, 6.45) is 0.989. The molecular weight excluding hydrogens is 416 g/mol. The zero-order valence-electron chi connectivity index (χ0n) is 18.0. The van der Waals surface area contributed by atoms with E-state index in [1.807, 2.05) is 35.9 Å². The fourth-order valence-corrected chi connectivity index (χ4v) is 3.51. The first-order valence-corrected chi connectivity index (χ1v) is 10.8. The SMILES string of the molecule is CCc1ccc(OCc2nnc(SCC(=O)Nc3ccc(OC)cc3OC)n2C)cc1. The van der Waals surface area contributed by atoms with Gasteiger partial charge in [-0.25, -0.2) is 0 Å². The van der Waals surface area contributed by atoms with Gasteiger partial charge in [-0.1, -0.05) is 30.8 Å². The second kappa shape index (κ2) is 10.7. The standard InChI is InChI=1S/C22H26N4O4S/c1-5-15-6-8-16(9-7-15)30-13-20-24-25-22(26(20)2)31-14-21(27)23-18-11-10-17(28-3)12-19(18)29-4/h6-12H,5,13-14H2,1-4H3,(H,23,27). The zero-order chi connectivity index (χ0) is 22.2. The van der Waals surface area contributed by atoms with Crippen LogP contribution in [-0.2, 0) is 24.9 Å². The Morgan fingerprint density at radius 2 is 1.81 bits per heavy atom. The van der Waals surface area contributed by atoms with Crippen molar-refractivity contribution >= 4 is 23.4 Å². The third-order valence-electron chi connectivity index (χ3n) is 4.64. The lowest BCUT2D eigenvalue weighted by atomic mass is 10.2. The van der Waals surface area contributed by atoms with Crippen LogP contribution in [0.2, 0.25) is 0 Å². The molecule has 0 radical (unpaired) electrons. The maximum atomic E-state index is 12.4. The Morgan fingerprint density at radius 1 is 1.06 bits per heavy atom. The zero-order valence-corrected chi connectivity index (χ0v) is 18.9. The molecule has 3 rings (SSSR count). The molecule has 31 heavy (non-hydrogen) atoms. The van der Waals surface area contributed by atoms with Gasteiger partial charge in [-0.05, 0) is 36.2 Å². The van der Waals surface area contributed by atoms with Crippen molar-refractivity contribution in [2.45, 2.75) is 25.1 Å². The Bertz CT molecular complexity index is 1020. The smallest absolute Gasteiger partial charge is 0.234 e. The molecule has 0 atom stereocenters. The van der Waals surface area contributed by atoms with Gasteiger partial charge in [0.2, 0.25) is 5.91 Å². The maximum absolute atomic E-state index is 12.4. The van der Waals surface area contributed by atoms with E-state index in [1.54, 1.807) is 32.4 Å². The van der Waals surface area contributed by atoms with Gasteiger partial charge >= 0.3 is 0 Å². The number of aryl methyl sites for hydroxylation is 1. The van der Waals surface area contributed by atoms with Crippen LogP contribution in [-0.4, -0.2) is 40.6 Å². The Labute approximate surface area is 185 Å². The van der Waals surface area contributed by atoms with Crippen molar-refractivity contribution < 1.29 is 19.0 Å². The lowest BCUT2D eigenvalue weighted by molar-refractivity contribution is -0.113. The maximum Gasteiger partial charge on any atom is 0.234 e. The number of ether oxygens (including phenoxy) is 3. The van der Waals surface area contributed by atoms with Crippen LogP contribution >= 0.6 is 11.8 Å². The van der Waals surface area contributed by atoms with Gasteiger partial charge in [-0.15, -0.1) is 10.2 Å². The minimum Gasteiger partial charge on any atom is -0.497 e. The quantitative estimate of drug-likeness (QED) is 0.479. The molecular formula is C22H26N4O4S. The van der Waals surface area contributed by atoms with Crippen LogP contribution in [0.15, 0.2) is 47.6 Å². The molecule has 1 amide bonds. The lowest BCUT2D eigenvalue weighted by Gasteiger charge is -2.11. The number of benzene rings is 2. The molecule has 0 unspecified atom stereocenters. The van der Waals surface area contributed by atoms with E-state index in [1.165, 1.54) is 17.3 Å². The van der Waals surface area contributed by atoms with Gasteiger partial charge < -0.3 is 24.1 Å². The molecule has 3 aromatic rings. The van der Waals surface area contributed by atoms with Crippen LogP contribution in [0.1, 0.15) is 18.3 Å². The Kier molecular flexibility index (Phi) is 7.77. The minimum atomic E-state index is -0.176. The number of amides is 1. The topological polar surface area (TPSA) is 87.5 Å². The first-order chi connectivity index (χ1) is 15.0. The van der Waals surface area contributed by atoms with Crippen molar-refractivity contribution in [2.24, 2.45) is 7.05 Å². The van der Waals surface area contributed by atoms with Gasteiger partial charge in [0.05, 0.1) is 25.7 Å². The number of thioether (sulfide) groups is 1. The van der Waals surface area contributed by atoms with Gasteiger partial charge in [0.15, 0.2) is 11.0 Å². The predicted octanol–water partition coefficient (Wildman–Crippen LogP) is 3.70. The summed E-state index contributed by atoms with van der Waals surface area (Å²) in [5, 5.41) is 11.8. The van der Waals surface area contributed by atoms with Crippen molar-refractivity contribution in [1.82, 2.24) is 14.8 Å². The second-order valence-electron chi connectivity index (χ2n) is 6.65. The number of hydrogen-bond acceptors (Lipinski definition) is 7. The van der Waals surface area contributed by atoms with E-state index < -0.39 is 0 Å². The molecule has 8 nitrogen and oxygen atoms in total. The molecule has 9 heteroatoms. The number of carbonyl (C=O) groups is 1. The summed E-state index contributed by atoms with van der Waals surface area (Å²) in [4.78, 5) is 12.4. The molecule has 0 fully saturated rings. The minimum absolute atomic E-state index is 0.176. The van der Waals surface area contributed by atoms with E-state index in [-0.39, 0.29) is 11.7 Å². The molecule has 164 valence electrons. The average molecular weight is 443 g/mol. The normalized spacial score (nSPS) is 10.6. The van der Waals surface area contributed by atoms with Crippen molar-refractivity contribution in [3.8, 4) is 17.2 Å².